The predicted octanol–water partition coefficient (Wildman–Crippen LogP) is 4.15. The first-order valence-electron chi connectivity index (χ1n) is 7.88. The zero-order valence-electron chi connectivity index (χ0n) is 14.4. The van der Waals surface area contributed by atoms with Crippen LogP contribution in [0.4, 0.5) is 11.4 Å². The zero-order valence-corrected chi connectivity index (χ0v) is 14.4. The van der Waals surface area contributed by atoms with E-state index >= 15 is 0 Å². The third-order valence-corrected chi connectivity index (χ3v) is 3.53. The highest BCUT2D eigenvalue weighted by atomic mass is 16.6. The lowest BCUT2D eigenvalue weighted by Gasteiger charge is -2.07. The quantitative estimate of drug-likeness (QED) is 0.212. The van der Waals surface area contributed by atoms with E-state index in [-0.39, 0.29) is 17.0 Å². The number of carbonyl (C=O) groups excluding carboxylic acids is 2. The maximum Gasteiger partial charge on any atom is 0.269 e. The third kappa shape index (κ3) is 5.24. The van der Waals surface area contributed by atoms with Crippen LogP contribution in [-0.4, -0.2) is 16.6 Å². The first-order chi connectivity index (χ1) is 12.4. The minimum atomic E-state index is -0.563. The number of non-ortho nitro benzene ring substituents is 1. The lowest BCUT2D eigenvalue weighted by Crippen LogP contribution is -2.19. The van der Waals surface area contributed by atoms with Gasteiger partial charge in [0.15, 0.2) is 5.78 Å². The van der Waals surface area contributed by atoms with Crippen molar-refractivity contribution in [3.63, 3.8) is 0 Å². The van der Waals surface area contributed by atoms with Gasteiger partial charge in [-0.15, -0.1) is 0 Å². The van der Waals surface area contributed by atoms with Gasteiger partial charge in [0.25, 0.3) is 11.6 Å². The van der Waals surface area contributed by atoms with Crippen LogP contribution in [0.1, 0.15) is 19.4 Å². The van der Waals surface area contributed by atoms with Gasteiger partial charge in [-0.3, -0.25) is 19.7 Å². The van der Waals surface area contributed by atoms with E-state index in [9.17, 15) is 19.7 Å². The minimum absolute atomic E-state index is 0.00744. The van der Waals surface area contributed by atoms with Crippen molar-refractivity contribution in [3.8, 4) is 0 Å². The second-order valence-corrected chi connectivity index (χ2v) is 5.67. The van der Waals surface area contributed by atoms with Crippen LogP contribution in [0.25, 0.3) is 6.08 Å². The van der Waals surface area contributed by atoms with Crippen molar-refractivity contribution in [1.29, 1.82) is 0 Å². The van der Waals surface area contributed by atoms with Crippen LogP contribution >= 0.6 is 0 Å². The summed E-state index contributed by atoms with van der Waals surface area (Å²) in [6.45, 7) is 3.12. The Kier molecular flexibility index (Phi) is 6.16. The standard InChI is InChI=1S/C20H18N2O4/c1-14(12-16-6-4-3-5-7-16)13-19(15(2)23)20(24)21-17-8-10-18(11-9-17)22(25)26/h3-13H,1-2H3,(H,21,24)/b14-12+,19-13+. The molecule has 2 aromatic rings. The van der Waals surface area contributed by atoms with Gasteiger partial charge in [0.2, 0.25) is 0 Å². The normalized spacial score (nSPS) is 11.8. The topological polar surface area (TPSA) is 89.3 Å². The number of nitrogens with zero attached hydrogens (tertiary/aromatic N) is 1. The Labute approximate surface area is 151 Å². The third-order valence-electron chi connectivity index (χ3n) is 3.53. The lowest BCUT2D eigenvalue weighted by molar-refractivity contribution is -0.384. The minimum Gasteiger partial charge on any atom is -0.322 e. The molecule has 0 fully saturated rings. The van der Waals surface area contributed by atoms with Crippen LogP contribution < -0.4 is 5.32 Å². The van der Waals surface area contributed by atoms with Crippen LogP contribution in [0.15, 0.2) is 71.8 Å². The molecular weight excluding hydrogens is 332 g/mol. The average Bonchev–Trinajstić information content (AvgIpc) is 2.60. The van der Waals surface area contributed by atoms with Gasteiger partial charge >= 0.3 is 0 Å². The molecule has 0 bridgehead atoms. The number of benzene rings is 2. The fourth-order valence-electron chi connectivity index (χ4n) is 2.27. The van der Waals surface area contributed by atoms with E-state index in [1.54, 1.807) is 6.92 Å². The maximum absolute atomic E-state index is 12.4. The van der Waals surface area contributed by atoms with Crippen molar-refractivity contribution in [2.75, 3.05) is 5.32 Å². The number of carbonyl (C=O) groups is 2. The summed E-state index contributed by atoms with van der Waals surface area (Å²) in [4.78, 5) is 34.4. The molecule has 0 aliphatic carbocycles. The van der Waals surface area contributed by atoms with Crippen molar-refractivity contribution >= 4 is 29.1 Å². The molecule has 0 saturated heterocycles. The van der Waals surface area contributed by atoms with Crippen LogP contribution in [-0.2, 0) is 9.59 Å². The van der Waals surface area contributed by atoms with Crippen LogP contribution in [0, 0.1) is 10.1 Å². The molecule has 132 valence electrons. The van der Waals surface area contributed by atoms with Crippen molar-refractivity contribution in [2.45, 2.75) is 13.8 Å². The van der Waals surface area contributed by atoms with Gasteiger partial charge in [0.05, 0.1) is 10.5 Å². The van der Waals surface area contributed by atoms with Crippen LogP contribution in [0.3, 0.4) is 0 Å². The van der Waals surface area contributed by atoms with E-state index in [2.05, 4.69) is 5.32 Å². The number of ketones is 1. The number of rotatable bonds is 6. The summed E-state index contributed by atoms with van der Waals surface area (Å²) in [6, 6.07) is 14.9. The Morgan fingerprint density at radius 3 is 2.15 bits per heavy atom. The lowest BCUT2D eigenvalue weighted by atomic mass is 10.1. The molecule has 1 amide bonds. The van der Waals surface area contributed by atoms with Gasteiger partial charge in [-0.05, 0) is 43.2 Å². The van der Waals surface area contributed by atoms with Crippen molar-refractivity contribution in [2.24, 2.45) is 0 Å². The molecule has 6 nitrogen and oxygen atoms in total. The first-order valence-corrected chi connectivity index (χ1v) is 7.88. The number of nitrogens with one attached hydrogen (secondary N) is 1. The molecule has 0 heterocycles. The summed E-state index contributed by atoms with van der Waals surface area (Å²) < 4.78 is 0. The summed E-state index contributed by atoms with van der Waals surface area (Å²) in [5.74, 6) is -0.933. The Hall–Kier alpha value is -3.54. The van der Waals surface area contributed by atoms with Gasteiger partial charge < -0.3 is 5.32 Å². The van der Waals surface area contributed by atoms with E-state index in [4.69, 9.17) is 0 Å². The fraction of sp³-hybridized carbons (Fsp3) is 0.100. The molecule has 1 N–H and O–H groups in total. The summed E-state index contributed by atoms with van der Waals surface area (Å²) in [6.07, 6.45) is 3.39. The largest absolute Gasteiger partial charge is 0.322 e. The molecule has 26 heavy (non-hydrogen) atoms. The molecule has 2 aromatic carbocycles. The molecule has 0 aromatic heterocycles. The Bertz CT molecular complexity index is 882. The number of hydrogen-bond donors (Lipinski definition) is 1. The molecule has 0 saturated carbocycles. The zero-order chi connectivity index (χ0) is 19.1. The monoisotopic (exact) mass is 350 g/mol. The number of amides is 1. The predicted molar refractivity (Wildman–Crippen MR) is 101 cm³/mol. The fourth-order valence-corrected chi connectivity index (χ4v) is 2.27. The number of Topliss-reactive ketones (excluding diaryl/α,β-unsaturated/α-hetero) is 1. The van der Waals surface area contributed by atoms with Gasteiger partial charge in [0.1, 0.15) is 0 Å². The van der Waals surface area contributed by atoms with Gasteiger partial charge in [0, 0.05) is 17.8 Å². The van der Waals surface area contributed by atoms with Gasteiger partial charge in [-0.1, -0.05) is 36.4 Å². The number of allylic oxidation sites excluding steroid dienone is 2. The van der Waals surface area contributed by atoms with Crippen molar-refractivity contribution in [1.82, 2.24) is 0 Å². The molecule has 2 rings (SSSR count). The van der Waals surface area contributed by atoms with Gasteiger partial charge in [-0.25, -0.2) is 0 Å². The highest BCUT2D eigenvalue weighted by Crippen LogP contribution is 2.17. The Morgan fingerprint density at radius 1 is 1.00 bits per heavy atom. The van der Waals surface area contributed by atoms with E-state index in [1.807, 2.05) is 36.4 Å². The van der Waals surface area contributed by atoms with Crippen molar-refractivity contribution < 1.29 is 14.5 Å². The van der Waals surface area contributed by atoms with Gasteiger partial charge in [-0.2, -0.15) is 0 Å². The number of anilines is 1. The molecule has 0 aliphatic heterocycles. The molecule has 0 aliphatic rings. The molecule has 0 unspecified atom stereocenters. The summed E-state index contributed by atoms with van der Waals surface area (Å²) in [7, 11) is 0. The molecular formula is C20H18N2O4. The molecule has 0 spiro atoms. The summed E-state index contributed by atoms with van der Waals surface area (Å²) >= 11 is 0. The number of hydrogen-bond acceptors (Lipinski definition) is 4. The molecule has 0 atom stereocenters. The second-order valence-electron chi connectivity index (χ2n) is 5.67. The number of nitro groups is 1. The second kappa shape index (κ2) is 8.53. The SMILES string of the molecule is CC(=O)/C(=C\C(C)=C\c1ccccc1)C(=O)Nc1ccc([N+](=O)[O-])cc1. The maximum atomic E-state index is 12.4. The Morgan fingerprint density at radius 2 is 1.62 bits per heavy atom. The highest BCUT2D eigenvalue weighted by molar-refractivity contribution is 6.23. The first kappa shape index (κ1) is 18.8. The molecule has 0 radical (unpaired) electrons. The average molecular weight is 350 g/mol. The van der Waals surface area contributed by atoms with Crippen molar-refractivity contribution in [3.05, 3.63) is 87.5 Å². The van der Waals surface area contributed by atoms with E-state index in [0.29, 0.717) is 5.69 Å². The summed E-state index contributed by atoms with van der Waals surface area (Å²) in [5.41, 5.74) is 2.01. The number of nitro benzene ring substituents is 1. The van der Waals surface area contributed by atoms with Crippen LogP contribution in [0.5, 0.6) is 0 Å². The smallest absolute Gasteiger partial charge is 0.269 e. The van der Waals surface area contributed by atoms with E-state index < -0.39 is 10.8 Å². The molecule has 6 heteroatoms. The van der Waals surface area contributed by atoms with E-state index in [1.165, 1.54) is 37.3 Å². The highest BCUT2D eigenvalue weighted by Gasteiger charge is 2.15. The summed E-state index contributed by atoms with van der Waals surface area (Å²) in [5, 5.41) is 13.2. The van der Waals surface area contributed by atoms with Crippen LogP contribution in [0.2, 0.25) is 0 Å². The van der Waals surface area contributed by atoms with E-state index in [0.717, 1.165) is 11.1 Å². The Balaban J connectivity index is 2.20.